The van der Waals surface area contributed by atoms with Gasteiger partial charge in [0.1, 0.15) is 5.76 Å². The first-order valence-electron chi connectivity index (χ1n) is 7.17. The lowest BCUT2D eigenvalue weighted by Crippen LogP contribution is -2.34. The van der Waals surface area contributed by atoms with Gasteiger partial charge in [0.15, 0.2) is 5.76 Å². The maximum Gasteiger partial charge on any atom is 0.287 e. The third kappa shape index (κ3) is 3.16. The molecule has 3 N–H and O–H groups in total. The molecule has 116 valence electrons. The van der Waals surface area contributed by atoms with Crippen LogP contribution in [0.5, 0.6) is 0 Å². The summed E-state index contributed by atoms with van der Waals surface area (Å²) in [6.45, 7) is 1.68. The Morgan fingerprint density at radius 1 is 1.32 bits per heavy atom. The molecule has 0 spiro atoms. The molecule has 1 aromatic carbocycles. The Morgan fingerprint density at radius 2 is 2.14 bits per heavy atom. The Hall–Kier alpha value is -1.82. The molecule has 22 heavy (non-hydrogen) atoms. The van der Waals surface area contributed by atoms with E-state index in [0.29, 0.717) is 30.4 Å². The molecule has 1 fully saturated rings. The largest absolute Gasteiger partial charge is 0.451 e. The van der Waals surface area contributed by atoms with Gasteiger partial charge in [0.25, 0.3) is 5.91 Å². The number of hydrogen-bond acceptors (Lipinski definition) is 4. The van der Waals surface area contributed by atoms with Crippen molar-refractivity contribution in [1.82, 2.24) is 10.6 Å². The first-order chi connectivity index (χ1) is 10.6. The van der Waals surface area contributed by atoms with Crippen molar-refractivity contribution >= 4 is 17.5 Å². The van der Waals surface area contributed by atoms with Crippen molar-refractivity contribution in [3.05, 3.63) is 47.2 Å². The van der Waals surface area contributed by atoms with E-state index in [1.807, 2.05) is 18.2 Å². The zero-order valence-electron chi connectivity index (χ0n) is 11.9. The van der Waals surface area contributed by atoms with Gasteiger partial charge in [-0.25, -0.2) is 0 Å². The Morgan fingerprint density at radius 3 is 2.86 bits per heavy atom. The van der Waals surface area contributed by atoms with E-state index in [2.05, 4.69) is 10.6 Å². The number of nitrogens with one attached hydrogen (secondary N) is 2. The molecule has 2 unspecified atom stereocenters. The number of amides is 1. The lowest BCUT2D eigenvalue weighted by molar-refractivity contribution is 0.0900. The Bertz CT molecular complexity index is 671. The average Bonchev–Trinajstić information content (AvgIpc) is 3.14. The van der Waals surface area contributed by atoms with Crippen molar-refractivity contribution in [2.75, 3.05) is 19.6 Å². The molecule has 0 saturated carbocycles. The maximum atomic E-state index is 12.1. The van der Waals surface area contributed by atoms with E-state index in [9.17, 15) is 9.90 Å². The lowest BCUT2D eigenvalue weighted by Gasteiger charge is -2.13. The summed E-state index contributed by atoms with van der Waals surface area (Å²) in [6.07, 6.45) is -0.421. The van der Waals surface area contributed by atoms with Crippen molar-refractivity contribution in [1.29, 1.82) is 0 Å². The fourth-order valence-corrected chi connectivity index (χ4v) is 2.73. The number of rotatable bonds is 4. The third-order valence-electron chi connectivity index (χ3n) is 3.80. The van der Waals surface area contributed by atoms with Gasteiger partial charge in [-0.1, -0.05) is 23.7 Å². The van der Waals surface area contributed by atoms with Gasteiger partial charge in [-0.15, -0.1) is 0 Å². The van der Waals surface area contributed by atoms with E-state index in [4.69, 9.17) is 16.0 Å². The fourth-order valence-electron chi connectivity index (χ4n) is 2.50. The highest BCUT2D eigenvalue weighted by Crippen LogP contribution is 2.28. The summed E-state index contributed by atoms with van der Waals surface area (Å²) < 4.78 is 5.58. The van der Waals surface area contributed by atoms with Crippen LogP contribution in [0.2, 0.25) is 5.02 Å². The first kappa shape index (κ1) is 15.1. The zero-order chi connectivity index (χ0) is 15.5. The molecule has 0 bridgehead atoms. The van der Waals surface area contributed by atoms with Crippen LogP contribution in [0.15, 0.2) is 40.8 Å². The standard InChI is InChI=1S/C16H17ClN2O3/c17-12-4-2-1-3-11(12)14-5-6-15(22-14)16(21)19-8-10-7-18-9-13(10)20/h1-6,10,13,18,20H,7-9H2,(H,19,21). The van der Waals surface area contributed by atoms with Crippen molar-refractivity contribution in [2.24, 2.45) is 5.92 Å². The number of β-amino-alcohol motifs (C(OH)–C–C–N with tert-alkyl or cyclic N) is 1. The SMILES string of the molecule is O=C(NCC1CNCC1O)c1ccc(-c2ccccc2Cl)o1. The second-order valence-corrected chi connectivity index (χ2v) is 5.75. The zero-order valence-corrected chi connectivity index (χ0v) is 12.6. The van der Waals surface area contributed by atoms with Gasteiger partial charge in [-0.3, -0.25) is 4.79 Å². The number of aliphatic hydroxyl groups excluding tert-OH is 1. The van der Waals surface area contributed by atoms with Crippen LogP contribution in [-0.2, 0) is 0 Å². The number of carbonyl (C=O) groups excluding carboxylic acids is 1. The number of furan rings is 1. The molecule has 2 aromatic rings. The second-order valence-electron chi connectivity index (χ2n) is 5.34. The van der Waals surface area contributed by atoms with Gasteiger partial charge in [-0.05, 0) is 24.3 Å². The van der Waals surface area contributed by atoms with Gasteiger partial charge in [0.05, 0.1) is 11.1 Å². The molecule has 2 atom stereocenters. The minimum absolute atomic E-state index is 0.0296. The summed E-state index contributed by atoms with van der Waals surface area (Å²) in [4.78, 5) is 12.1. The molecular weight excluding hydrogens is 304 g/mol. The molecule has 2 heterocycles. The van der Waals surface area contributed by atoms with E-state index in [1.165, 1.54) is 0 Å². The number of benzene rings is 1. The molecule has 1 aliphatic heterocycles. The summed E-state index contributed by atoms with van der Waals surface area (Å²) in [5.74, 6) is 0.521. The van der Waals surface area contributed by atoms with Crippen LogP contribution in [0, 0.1) is 5.92 Å². The summed E-state index contributed by atoms with van der Waals surface area (Å²) in [6, 6.07) is 10.7. The summed E-state index contributed by atoms with van der Waals surface area (Å²) in [7, 11) is 0. The normalized spacial score (nSPS) is 21.0. The fraction of sp³-hybridized carbons (Fsp3) is 0.312. The van der Waals surface area contributed by atoms with Crippen LogP contribution in [0.4, 0.5) is 0 Å². The highest BCUT2D eigenvalue weighted by atomic mass is 35.5. The average molecular weight is 321 g/mol. The molecule has 5 nitrogen and oxygen atoms in total. The highest BCUT2D eigenvalue weighted by Gasteiger charge is 2.25. The predicted octanol–water partition coefficient (Wildman–Crippen LogP) is 1.91. The second kappa shape index (κ2) is 6.52. The monoisotopic (exact) mass is 320 g/mol. The first-order valence-corrected chi connectivity index (χ1v) is 7.54. The molecule has 3 rings (SSSR count). The molecule has 0 aliphatic carbocycles. The van der Waals surface area contributed by atoms with Crippen LogP contribution in [0.1, 0.15) is 10.6 Å². The third-order valence-corrected chi connectivity index (χ3v) is 4.13. The van der Waals surface area contributed by atoms with Gasteiger partial charge < -0.3 is 20.2 Å². The van der Waals surface area contributed by atoms with Crippen LogP contribution in [0.3, 0.4) is 0 Å². The molecule has 6 heteroatoms. The van der Waals surface area contributed by atoms with E-state index >= 15 is 0 Å². The van der Waals surface area contributed by atoms with Crippen molar-refractivity contribution in [3.8, 4) is 11.3 Å². The molecule has 1 aliphatic rings. The maximum absolute atomic E-state index is 12.1. The Balaban J connectivity index is 1.66. The molecule has 0 radical (unpaired) electrons. The van der Waals surface area contributed by atoms with Gasteiger partial charge in [0.2, 0.25) is 0 Å². The van der Waals surface area contributed by atoms with Gasteiger partial charge in [0, 0.05) is 31.1 Å². The predicted molar refractivity (Wildman–Crippen MR) is 83.9 cm³/mol. The number of hydrogen-bond donors (Lipinski definition) is 3. The smallest absolute Gasteiger partial charge is 0.287 e. The van der Waals surface area contributed by atoms with Crippen molar-refractivity contribution < 1.29 is 14.3 Å². The summed E-state index contributed by atoms with van der Waals surface area (Å²) in [5.41, 5.74) is 0.749. The molecule has 1 amide bonds. The lowest BCUT2D eigenvalue weighted by atomic mass is 10.1. The van der Waals surface area contributed by atoms with E-state index < -0.39 is 6.10 Å². The van der Waals surface area contributed by atoms with Crippen LogP contribution >= 0.6 is 11.6 Å². The Labute approximate surface area is 133 Å². The van der Waals surface area contributed by atoms with E-state index in [-0.39, 0.29) is 17.6 Å². The Kier molecular flexibility index (Phi) is 4.47. The number of carbonyl (C=O) groups is 1. The summed E-state index contributed by atoms with van der Waals surface area (Å²) >= 11 is 6.12. The van der Waals surface area contributed by atoms with E-state index in [0.717, 1.165) is 5.56 Å². The molecule has 1 aromatic heterocycles. The van der Waals surface area contributed by atoms with Gasteiger partial charge in [-0.2, -0.15) is 0 Å². The van der Waals surface area contributed by atoms with Crippen LogP contribution in [-0.4, -0.2) is 36.8 Å². The summed E-state index contributed by atoms with van der Waals surface area (Å²) in [5, 5.41) is 16.1. The topological polar surface area (TPSA) is 74.5 Å². The number of halogens is 1. The minimum Gasteiger partial charge on any atom is -0.451 e. The minimum atomic E-state index is -0.421. The van der Waals surface area contributed by atoms with Crippen LogP contribution in [0.25, 0.3) is 11.3 Å². The van der Waals surface area contributed by atoms with E-state index in [1.54, 1.807) is 18.2 Å². The van der Waals surface area contributed by atoms with Crippen LogP contribution < -0.4 is 10.6 Å². The molecule has 1 saturated heterocycles. The quantitative estimate of drug-likeness (QED) is 0.804. The van der Waals surface area contributed by atoms with Gasteiger partial charge >= 0.3 is 0 Å². The van der Waals surface area contributed by atoms with Crippen molar-refractivity contribution in [3.63, 3.8) is 0 Å². The van der Waals surface area contributed by atoms with Crippen molar-refractivity contribution in [2.45, 2.75) is 6.10 Å². The highest BCUT2D eigenvalue weighted by molar-refractivity contribution is 6.33. The number of aliphatic hydroxyl groups is 1. The molecular formula is C16H17ClN2O3.